The summed E-state index contributed by atoms with van der Waals surface area (Å²) in [6, 6.07) is 65.6. The fraction of sp³-hybridized carbons (Fsp3) is 0.0909. The third-order valence-corrected chi connectivity index (χ3v) is 24.5. The van der Waals surface area contributed by atoms with E-state index in [9.17, 15) is 42.8 Å². The van der Waals surface area contributed by atoms with Crippen molar-refractivity contribution in [1.29, 1.82) is 0 Å². The van der Waals surface area contributed by atoms with Crippen LogP contribution in [0.15, 0.2) is 276 Å². The Morgan fingerprint density at radius 2 is 0.721 bits per heavy atom. The van der Waals surface area contributed by atoms with Crippen molar-refractivity contribution in [2.24, 2.45) is 0 Å². The van der Waals surface area contributed by atoms with Gasteiger partial charge >= 0.3 is 36.7 Å². The van der Waals surface area contributed by atoms with Crippen molar-refractivity contribution in [2.45, 2.75) is 63.2 Å². The molecule has 0 fully saturated rings. The van der Waals surface area contributed by atoms with Crippen LogP contribution in [0.3, 0.4) is 0 Å². The van der Waals surface area contributed by atoms with Gasteiger partial charge in [-0.25, -0.2) is 82.0 Å². The Kier molecular flexibility index (Phi) is 32.0. The quantitative estimate of drug-likeness (QED) is 0.0165. The molecule has 0 unspecified atom stereocenters. The van der Waals surface area contributed by atoms with Gasteiger partial charge in [-0.15, -0.1) is 0 Å². The van der Waals surface area contributed by atoms with E-state index in [2.05, 4.69) is 80.7 Å². The van der Waals surface area contributed by atoms with Crippen molar-refractivity contribution in [3.05, 3.63) is 340 Å². The Hall–Kier alpha value is -13.0. The summed E-state index contributed by atoms with van der Waals surface area (Å²) in [5.41, 5.74) is 15.6. The van der Waals surface area contributed by atoms with Gasteiger partial charge in [0, 0.05) is 106 Å². The van der Waals surface area contributed by atoms with Crippen molar-refractivity contribution in [2.75, 3.05) is 28.8 Å². The first-order valence-electron chi connectivity index (χ1n) is 38.1. The summed E-state index contributed by atoms with van der Waals surface area (Å²) in [4.78, 5) is 52.3. The molecule has 29 nitrogen and oxygen atoms in total. The summed E-state index contributed by atoms with van der Waals surface area (Å²) in [5, 5.41) is 36.7. The zero-order valence-electron chi connectivity index (χ0n) is 69.8. The Labute approximate surface area is 774 Å². The first kappa shape index (κ1) is 96.6. The minimum atomic E-state index is -3.94. The number of H-pyrrole nitrogens is 1. The van der Waals surface area contributed by atoms with E-state index in [0.29, 0.717) is 90.3 Å². The first-order chi connectivity index (χ1) is 61.2. The average Bonchev–Trinajstić information content (AvgIpc) is 1.61. The maximum atomic E-state index is 13.7. The summed E-state index contributed by atoms with van der Waals surface area (Å²) in [6.07, 6.45) is 5.38. The number of aromatic amines is 1. The molecule has 0 amide bonds. The number of hydrogen-bond acceptors (Lipinski definition) is 25. The number of pyridine rings is 4. The molecule has 0 radical (unpaired) electrons. The maximum absolute atomic E-state index is 13.7. The summed E-state index contributed by atoms with van der Waals surface area (Å²) in [6.45, 7) is 12.6. The minimum absolute atomic E-state index is 0. The molecule has 0 bridgehead atoms. The molecular formula is C88H75BCl3F4N20NaO9S3. The first-order valence-corrected chi connectivity index (χ1v) is 43.6. The molecule has 18 aromatic rings. The molecule has 18 rings (SSSR count). The molecule has 0 aliphatic carbocycles. The van der Waals surface area contributed by atoms with E-state index in [1.165, 1.54) is 71.2 Å². The third kappa shape index (κ3) is 23.7. The number of nitrogen functional groups attached to an aromatic ring is 1. The van der Waals surface area contributed by atoms with Crippen LogP contribution in [0, 0.1) is 72.3 Å². The van der Waals surface area contributed by atoms with Crippen molar-refractivity contribution in [3.8, 4) is 22.8 Å². The molecule has 41 heteroatoms. The fourth-order valence-corrected chi connectivity index (χ4v) is 17.6. The number of anilines is 7. The second kappa shape index (κ2) is 42.7. The SMILES string of the molecule is C[O-].Cc1cc2c(Nc3ccnc(F)c3)nc(-c3ccccc3)nc2[nH]1.Cc1ccc(S(=O)(=O)n2c(C)cc3c(Cl)nc(Cl)nc32)cc1.Cc1ccc(S(=O)(=O)n2c(C)cc3c(Nc4ccnc(F)c4)nc(-c4ccccc4)nc32)cc1.Cc1ccc(S(=O)(=O)n2c(C)cc3c(Nc4ccnc(F)c4)nc(Cl)nc32)cc1.Nc1ccnc(F)c1.OB(O)c1ccccc1.[Na+]. The number of halogens is 7. The van der Waals surface area contributed by atoms with Crippen LogP contribution in [0.25, 0.3) is 66.9 Å². The average molecular weight is 1870 g/mol. The summed E-state index contributed by atoms with van der Waals surface area (Å²) < 4.78 is 135. The van der Waals surface area contributed by atoms with Crippen LogP contribution in [0.4, 0.5) is 57.8 Å². The molecule has 0 saturated heterocycles. The molecule has 0 aliphatic rings. The monoisotopic (exact) mass is 1870 g/mol. The van der Waals surface area contributed by atoms with Crippen LogP contribution in [0.1, 0.15) is 39.5 Å². The molecule has 12 aromatic heterocycles. The minimum Gasteiger partial charge on any atom is -0.857 e. The zero-order valence-corrected chi connectivity index (χ0v) is 76.5. The summed E-state index contributed by atoms with van der Waals surface area (Å²) >= 11 is 17.9. The van der Waals surface area contributed by atoms with Crippen LogP contribution >= 0.6 is 34.8 Å². The Bertz CT molecular complexity index is 7370. The maximum Gasteiger partial charge on any atom is 1.00 e. The predicted octanol–water partition coefficient (Wildman–Crippen LogP) is 13.4. The number of fused-ring (bicyclic) bond motifs is 4. The molecule has 0 saturated carbocycles. The standard InChI is InChI=1S/C25H20FN5O2S.C19H15ClFN5O2S.C18H14FN5.C14H11Cl2N3O2S.C6H7BO2.C5H5FN2.CH3O.Na/c1-16-8-10-20(11-9-16)34(32,33)31-17(2)14-21-24(28-19-12-13-27-22(26)15-19)29-23(30-25(21)31)18-6-4-3-5-7-18;1-11-3-5-14(6-4-11)29(27,28)26-12(2)9-15-17(24-19(20)25-18(15)26)23-13-7-8-22-16(21)10-13;1-11-9-14-17(21-11)23-16(12-5-3-2-4-6-12)24-18(14)22-13-7-8-20-15(19)10-13;1-8-3-5-10(6-4-8)22(20,21)19-9(2)7-11-12(15)17-14(16)18-13(11)19;8-7(9)6-4-2-1-3-5-6;6-5-3-4(7)1-2-8-5;1-2;/h3-15H,1-2H3,(H,27,28,29,30);3-10H,1-2H3,(H,22,23,24,25);2-10H,1H3,(H2,20,21,22,23,24);3-7H,1-2H3;1-5,8-9H;1-3H,(H2,7,8);1H3;/q;;;;;;-1;+1. The molecule has 129 heavy (non-hydrogen) atoms. The fourth-order valence-electron chi connectivity index (χ4n) is 12.6. The number of nitrogens with zero attached hydrogens (tertiary/aromatic N) is 15. The van der Waals surface area contributed by atoms with Gasteiger partial charge in [0.15, 0.2) is 28.6 Å². The Balaban J connectivity index is 0.000000156. The number of aromatic nitrogens is 16. The van der Waals surface area contributed by atoms with Gasteiger partial charge in [0.05, 0.1) is 36.2 Å². The van der Waals surface area contributed by atoms with Crippen molar-refractivity contribution in [3.63, 3.8) is 0 Å². The largest absolute Gasteiger partial charge is 1.00 e. The molecule has 0 atom stereocenters. The van der Waals surface area contributed by atoms with E-state index in [1.807, 2.05) is 100 Å². The molecular weight excluding hydrogens is 1790 g/mol. The zero-order chi connectivity index (χ0) is 91.9. The normalized spacial score (nSPS) is 11.0. The summed E-state index contributed by atoms with van der Waals surface area (Å²) in [7, 11) is -12.2. The molecule has 8 N–H and O–H groups in total. The van der Waals surface area contributed by atoms with Crippen LogP contribution in [-0.2, 0) is 30.1 Å². The van der Waals surface area contributed by atoms with E-state index >= 15 is 0 Å². The second-order valence-electron chi connectivity index (χ2n) is 27.9. The number of benzene rings is 6. The number of aryl methyl sites for hydroxylation is 7. The van der Waals surface area contributed by atoms with Crippen molar-refractivity contribution >= 4 is 162 Å². The van der Waals surface area contributed by atoms with E-state index in [4.69, 9.17) is 55.7 Å². The number of hydrogen-bond donors (Lipinski definition) is 7. The van der Waals surface area contributed by atoms with Crippen LogP contribution in [0.2, 0.25) is 15.7 Å². The van der Waals surface area contributed by atoms with Crippen LogP contribution in [0.5, 0.6) is 0 Å². The smallest absolute Gasteiger partial charge is 0.857 e. The van der Waals surface area contributed by atoms with Gasteiger partial charge in [-0.05, 0) is 162 Å². The van der Waals surface area contributed by atoms with Crippen molar-refractivity contribution in [1.82, 2.24) is 76.7 Å². The van der Waals surface area contributed by atoms with Gasteiger partial charge in [0.25, 0.3) is 30.1 Å². The van der Waals surface area contributed by atoms with Crippen molar-refractivity contribution < 1.29 is 87.5 Å². The second-order valence-corrected chi connectivity index (χ2v) is 34.2. The Morgan fingerprint density at radius 3 is 1.09 bits per heavy atom. The van der Waals surface area contributed by atoms with Gasteiger partial charge in [-0.1, -0.05) is 156 Å². The van der Waals surface area contributed by atoms with Gasteiger partial charge in [-0.3, -0.25) is 0 Å². The molecule has 652 valence electrons. The third-order valence-electron chi connectivity index (χ3n) is 18.5. The topological polar surface area (TPSA) is 413 Å². The number of nitrogens with two attached hydrogens (primary N) is 1. The van der Waals surface area contributed by atoms with Gasteiger partial charge < -0.3 is 41.8 Å². The molecule has 12 heterocycles. The Morgan fingerprint density at radius 1 is 0.388 bits per heavy atom. The molecule has 0 spiro atoms. The van der Waals surface area contributed by atoms with Crippen LogP contribution in [-0.4, -0.2) is 126 Å². The number of rotatable bonds is 15. The van der Waals surface area contributed by atoms with E-state index < -0.39 is 61.0 Å². The number of nitrogens with one attached hydrogen (secondary N) is 4. The van der Waals surface area contributed by atoms with Gasteiger partial charge in [0.1, 0.15) is 28.3 Å². The molecule has 6 aromatic carbocycles. The van der Waals surface area contributed by atoms with Gasteiger partial charge in [0.2, 0.25) is 34.4 Å². The molecule has 0 aliphatic heterocycles. The van der Waals surface area contributed by atoms with E-state index in [1.54, 1.807) is 142 Å². The van der Waals surface area contributed by atoms with E-state index in [0.717, 1.165) is 54.0 Å². The summed E-state index contributed by atoms with van der Waals surface area (Å²) in [5.74, 6) is -0.221. The predicted molar refractivity (Wildman–Crippen MR) is 486 cm³/mol. The van der Waals surface area contributed by atoms with Crippen LogP contribution < -0.4 is 61.8 Å². The van der Waals surface area contributed by atoms with E-state index in [-0.39, 0.29) is 82.7 Å². The van der Waals surface area contributed by atoms with Gasteiger partial charge in [-0.2, -0.15) is 39.6 Å².